The average Bonchev–Trinajstić information content (AvgIpc) is 2.86. The van der Waals surface area contributed by atoms with Gasteiger partial charge in [0, 0.05) is 18.3 Å². The van der Waals surface area contributed by atoms with Crippen molar-refractivity contribution >= 4 is 35.4 Å². The summed E-state index contributed by atoms with van der Waals surface area (Å²) in [6, 6.07) is 2.14. The summed E-state index contributed by atoms with van der Waals surface area (Å²) in [5.41, 5.74) is -1.05. The zero-order chi connectivity index (χ0) is 22.5. The van der Waals surface area contributed by atoms with Gasteiger partial charge in [-0.15, -0.1) is 0 Å². The molecule has 0 radical (unpaired) electrons. The van der Waals surface area contributed by atoms with Crippen molar-refractivity contribution in [2.45, 2.75) is 25.8 Å². The lowest BCUT2D eigenvalue weighted by Gasteiger charge is -2.15. The maximum Gasteiger partial charge on any atom is 0.325 e. The summed E-state index contributed by atoms with van der Waals surface area (Å²) >= 11 is 0. The Labute approximate surface area is 169 Å². The monoisotopic (exact) mass is 426 g/mol. The summed E-state index contributed by atoms with van der Waals surface area (Å²) in [5, 5.41) is 6.90. The number of halogens is 2. The predicted octanol–water partition coefficient (Wildman–Crippen LogP) is 0.283. The van der Waals surface area contributed by atoms with Crippen molar-refractivity contribution in [3.63, 3.8) is 0 Å². The number of amides is 5. The van der Waals surface area contributed by atoms with Crippen LogP contribution in [0.3, 0.4) is 0 Å². The molecule has 162 valence electrons. The molecule has 1 fully saturated rings. The zero-order valence-electron chi connectivity index (χ0n) is 16.2. The van der Waals surface area contributed by atoms with E-state index in [0.717, 1.165) is 23.1 Å². The number of benzene rings is 1. The summed E-state index contributed by atoms with van der Waals surface area (Å²) in [7, 11) is 0. The van der Waals surface area contributed by atoms with E-state index in [-0.39, 0.29) is 18.7 Å². The van der Waals surface area contributed by atoms with Crippen molar-refractivity contribution in [3.8, 4) is 0 Å². The maximum atomic E-state index is 13.1. The lowest BCUT2D eigenvalue weighted by Crippen LogP contribution is -2.40. The molecule has 0 unspecified atom stereocenters. The second-order valence-electron chi connectivity index (χ2n) is 6.88. The smallest absolute Gasteiger partial charge is 0.325 e. The molecule has 1 aromatic rings. The van der Waals surface area contributed by atoms with Gasteiger partial charge in [0.1, 0.15) is 5.54 Å². The van der Waals surface area contributed by atoms with Gasteiger partial charge in [-0.1, -0.05) is 0 Å². The molecule has 3 N–H and O–H groups in total. The molecule has 0 aliphatic carbocycles. The highest BCUT2D eigenvalue weighted by atomic mass is 19.2. The van der Waals surface area contributed by atoms with E-state index in [9.17, 15) is 32.8 Å². The van der Waals surface area contributed by atoms with Crippen LogP contribution >= 0.6 is 0 Å². The second kappa shape index (κ2) is 9.29. The molecule has 30 heavy (non-hydrogen) atoms. The minimum atomic E-state index is -1.14. The van der Waals surface area contributed by atoms with Gasteiger partial charge in [-0.2, -0.15) is 0 Å². The fourth-order valence-corrected chi connectivity index (χ4v) is 2.45. The van der Waals surface area contributed by atoms with E-state index in [0.29, 0.717) is 0 Å². The summed E-state index contributed by atoms with van der Waals surface area (Å²) < 4.78 is 30.6. The van der Waals surface area contributed by atoms with Crippen molar-refractivity contribution in [2.75, 3.05) is 25.0 Å². The van der Waals surface area contributed by atoms with E-state index in [1.807, 2.05) is 0 Å². The number of imide groups is 1. The highest BCUT2D eigenvalue weighted by Gasteiger charge is 2.44. The fraction of sp³-hybridized carbons (Fsp3) is 0.389. The molecular weight excluding hydrogens is 406 g/mol. The predicted molar refractivity (Wildman–Crippen MR) is 97.9 cm³/mol. The topological polar surface area (TPSA) is 134 Å². The minimum absolute atomic E-state index is 0.00301. The standard InChI is InChI=1S/C18H20F2N4O6/c1-18(2)16(28)24(17(29)23-18)6-5-15(27)30-9-14(26)21-8-13(25)22-10-3-4-11(19)12(20)7-10/h3-4,7H,5-6,8-9H2,1-2H3,(H,21,26)(H,22,25)(H,23,29). The molecule has 1 heterocycles. The SMILES string of the molecule is CC1(C)NC(=O)N(CCC(=O)OCC(=O)NCC(=O)Nc2ccc(F)c(F)c2)C1=O. The van der Waals surface area contributed by atoms with E-state index in [1.54, 1.807) is 0 Å². The number of ether oxygens (including phenoxy) is 1. The largest absolute Gasteiger partial charge is 0.456 e. The summed E-state index contributed by atoms with van der Waals surface area (Å²) in [6.07, 6.45) is -0.306. The number of carbonyl (C=O) groups excluding carboxylic acids is 5. The van der Waals surface area contributed by atoms with Crippen LogP contribution in [0.2, 0.25) is 0 Å². The van der Waals surface area contributed by atoms with E-state index >= 15 is 0 Å². The molecule has 1 aliphatic heterocycles. The van der Waals surface area contributed by atoms with Gasteiger partial charge in [-0.3, -0.25) is 24.1 Å². The van der Waals surface area contributed by atoms with Gasteiger partial charge < -0.3 is 20.7 Å². The quantitative estimate of drug-likeness (QED) is 0.404. The molecule has 12 heteroatoms. The van der Waals surface area contributed by atoms with Crippen LogP contribution in [0.1, 0.15) is 20.3 Å². The lowest BCUT2D eigenvalue weighted by molar-refractivity contribution is -0.149. The zero-order valence-corrected chi connectivity index (χ0v) is 16.2. The van der Waals surface area contributed by atoms with Gasteiger partial charge in [0.15, 0.2) is 18.2 Å². The number of urea groups is 1. The Morgan fingerprint density at radius 2 is 1.83 bits per heavy atom. The molecule has 1 saturated heterocycles. The number of anilines is 1. The Morgan fingerprint density at radius 3 is 2.43 bits per heavy atom. The molecule has 0 atom stereocenters. The second-order valence-corrected chi connectivity index (χ2v) is 6.88. The molecule has 10 nitrogen and oxygen atoms in total. The van der Waals surface area contributed by atoms with Crippen LogP contribution in [0.4, 0.5) is 19.3 Å². The van der Waals surface area contributed by atoms with Crippen LogP contribution in [0.25, 0.3) is 0 Å². The van der Waals surface area contributed by atoms with Gasteiger partial charge in [-0.05, 0) is 26.0 Å². The summed E-state index contributed by atoms with van der Waals surface area (Å²) in [6.45, 7) is 1.68. The van der Waals surface area contributed by atoms with Crippen LogP contribution in [0, 0.1) is 11.6 Å². The van der Waals surface area contributed by atoms with Crippen LogP contribution in [-0.2, 0) is 23.9 Å². The van der Waals surface area contributed by atoms with Gasteiger partial charge in [0.05, 0.1) is 13.0 Å². The molecule has 1 aliphatic rings. The molecule has 1 aromatic carbocycles. The first-order chi connectivity index (χ1) is 14.0. The molecule has 5 amide bonds. The molecular formula is C18H20F2N4O6. The minimum Gasteiger partial charge on any atom is -0.456 e. The summed E-state index contributed by atoms with van der Waals surface area (Å²) in [4.78, 5) is 59.6. The Balaban J connectivity index is 1.67. The van der Waals surface area contributed by atoms with Crippen LogP contribution in [0.5, 0.6) is 0 Å². The lowest BCUT2D eigenvalue weighted by atomic mass is 10.1. The third-order valence-corrected chi connectivity index (χ3v) is 4.00. The number of rotatable bonds is 8. The number of carbonyl (C=O) groups is 5. The van der Waals surface area contributed by atoms with Gasteiger partial charge in [0.2, 0.25) is 5.91 Å². The van der Waals surface area contributed by atoms with Crippen LogP contribution in [0.15, 0.2) is 18.2 Å². The van der Waals surface area contributed by atoms with Crippen molar-refractivity contribution < 1.29 is 37.5 Å². The Kier molecular flexibility index (Phi) is 7.03. The molecule has 2 rings (SSSR count). The van der Waals surface area contributed by atoms with E-state index in [2.05, 4.69) is 16.0 Å². The van der Waals surface area contributed by atoms with E-state index < -0.39 is 60.0 Å². The van der Waals surface area contributed by atoms with Gasteiger partial charge in [0.25, 0.3) is 11.8 Å². The first kappa shape index (κ1) is 22.7. The fourth-order valence-electron chi connectivity index (χ4n) is 2.45. The van der Waals surface area contributed by atoms with Crippen LogP contribution < -0.4 is 16.0 Å². The number of nitrogens with zero attached hydrogens (tertiary/aromatic N) is 1. The normalized spacial score (nSPS) is 14.9. The molecule has 0 saturated carbocycles. The third-order valence-electron chi connectivity index (χ3n) is 4.00. The highest BCUT2D eigenvalue weighted by molar-refractivity contribution is 6.06. The van der Waals surface area contributed by atoms with Gasteiger partial charge >= 0.3 is 12.0 Å². The summed E-state index contributed by atoms with van der Waals surface area (Å²) in [5.74, 6) is -4.99. The average molecular weight is 426 g/mol. The molecule has 0 bridgehead atoms. The Morgan fingerprint density at radius 1 is 1.13 bits per heavy atom. The van der Waals surface area contributed by atoms with Crippen molar-refractivity contribution in [2.24, 2.45) is 0 Å². The number of esters is 1. The number of hydrogen-bond donors (Lipinski definition) is 3. The van der Waals surface area contributed by atoms with Crippen LogP contribution in [-0.4, -0.2) is 59.9 Å². The van der Waals surface area contributed by atoms with Crippen molar-refractivity contribution in [1.82, 2.24) is 15.5 Å². The molecule has 0 spiro atoms. The Bertz CT molecular complexity index is 889. The maximum absolute atomic E-state index is 13.1. The van der Waals surface area contributed by atoms with Crippen molar-refractivity contribution in [3.05, 3.63) is 29.8 Å². The number of hydrogen-bond acceptors (Lipinski definition) is 6. The van der Waals surface area contributed by atoms with E-state index in [1.165, 1.54) is 13.8 Å². The highest BCUT2D eigenvalue weighted by Crippen LogP contribution is 2.16. The first-order valence-corrected chi connectivity index (χ1v) is 8.81. The number of nitrogens with one attached hydrogen (secondary N) is 3. The third kappa shape index (κ3) is 5.96. The first-order valence-electron chi connectivity index (χ1n) is 8.81. The van der Waals surface area contributed by atoms with Crippen molar-refractivity contribution in [1.29, 1.82) is 0 Å². The van der Waals surface area contributed by atoms with Gasteiger partial charge in [-0.25, -0.2) is 13.6 Å². The Hall–Kier alpha value is -3.57. The molecule has 0 aromatic heterocycles. The van der Waals surface area contributed by atoms with E-state index in [4.69, 9.17) is 4.74 Å².